The lowest BCUT2D eigenvalue weighted by molar-refractivity contribution is -0.688. The Morgan fingerprint density at radius 2 is 0.625 bits per heavy atom. The van der Waals surface area contributed by atoms with Crippen LogP contribution < -0.4 is 26.4 Å². The minimum atomic E-state index is -6.13. The summed E-state index contributed by atoms with van der Waals surface area (Å²) in [6, 6.07) is 0.930. The predicted octanol–water partition coefficient (Wildman–Crippen LogP) is 12.5. The number of rotatable bonds is 6. The number of aromatic nitrogens is 2. The molecule has 1 heterocycles. The smallest absolute Gasteiger partial charge is 0.252 e. The van der Waals surface area contributed by atoms with Gasteiger partial charge in [-0.2, -0.15) is 137 Å². The van der Waals surface area contributed by atoms with Crippen molar-refractivity contribution < 1.29 is 110 Å². The molecule has 0 bridgehead atoms. The second kappa shape index (κ2) is 19.2. The number of hydrogen-bond acceptors (Lipinski definition) is 2. The molecular weight excluding hydrogens is 1040 g/mol. The molecule has 6 aromatic rings. The molecule has 0 aliphatic heterocycles. The standard InChI is InChI=1S/C32H12BF24.C12H10N3/c34-25(35,36)13-1-14(26(37,38)39)6-21(5-13)33(22-7-15(27(40,41)42)2-16(8-22)28(43,44)45,23-9-17(29(46,47)48)3-18(10-23)30(49,50)51)24-11-19(31(52,53)54)4-20(12-24)32(55,56)57;13-9-11-2-1-3-12(8-11)10-15-6-4-14-5-7-15/h1-12H;1-8H,10H2/q-1;+1. The highest BCUT2D eigenvalue weighted by Crippen LogP contribution is 2.41. The number of nitrogens with zero attached hydrogens (tertiary/aromatic N) is 3. The number of hydrogen-bond donors (Lipinski definition) is 0. The summed E-state index contributed by atoms with van der Waals surface area (Å²) in [6.45, 7) is 0.762. The van der Waals surface area contributed by atoms with Crippen molar-refractivity contribution in [2.45, 2.75) is 56.0 Å². The molecule has 0 unspecified atom stereocenters. The predicted molar refractivity (Wildman–Crippen MR) is 205 cm³/mol. The van der Waals surface area contributed by atoms with Crippen molar-refractivity contribution >= 4 is 28.0 Å². The maximum atomic E-state index is 14.2. The van der Waals surface area contributed by atoms with Crippen LogP contribution in [0.25, 0.3) is 0 Å². The minimum absolute atomic E-state index is 0.691. The molecule has 72 heavy (non-hydrogen) atoms. The maximum absolute atomic E-state index is 14.2. The van der Waals surface area contributed by atoms with E-state index in [-0.39, 0.29) is 0 Å². The third-order valence-electron chi connectivity index (χ3n) is 10.5. The highest BCUT2D eigenvalue weighted by Gasteiger charge is 2.47. The molecule has 3 nitrogen and oxygen atoms in total. The van der Waals surface area contributed by atoms with Gasteiger partial charge in [0.25, 0.3) is 0 Å². The van der Waals surface area contributed by atoms with Crippen LogP contribution in [0.4, 0.5) is 105 Å². The fraction of sp³-hybridized carbons (Fsp3) is 0.205. The van der Waals surface area contributed by atoms with E-state index < -0.39 is 195 Å². The Labute approximate surface area is 387 Å². The number of benzene rings is 5. The summed E-state index contributed by atoms with van der Waals surface area (Å²) >= 11 is 0. The van der Waals surface area contributed by atoms with Crippen molar-refractivity contribution in [2.24, 2.45) is 0 Å². The van der Waals surface area contributed by atoms with E-state index in [0.29, 0.717) is 5.56 Å². The molecule has 0 spiro atoms. The van der Waals surface area contributed by atoms with Gasteiger partial charge in [0.15, 0.2) is 18.9 Å². The zero-order chi connectivity index (χ0) is 54.4. The van der Waals surface area contributed by atoms with Crippen LogP contribution in [-0.4, -0.2) is 11.1 Å². The van der Waals surface area contributed by atoms with Crippen molar-refractivity contribution in [3.63, 3.8) is 0 Å². The van der Waals surface area contributed by atoms with Crippen LogP contribution in [0.5, 0.6) is 0 Å². The van der Waals surface area contributed by atoms with Gasteiger partial charge in [-0.3, -0.25) is 4.98 Å². The lowest BCUT2D eigenvalue weighted by atomic mass is 9.12. The molecule has 0 fully saturated rings. The summed E-state index contributed by atoms with van der Waals surface area (Å²) in [5.74, 6) is 0. The molecule has 5 aromatic carbocycles. The zero-order valence-electron chi connectivity index (χ0n) is 34.7. The quantitative estimate of drug-likeness (QED) is 0.0947. The van der Waals surface area contributed by atoms with Crippen LogP contribution in [-0.2, 0) is 56.0 Å². The third-order valence-corrected chi connectivity index (χ3v) is 10.5. The lowest BCUT2D eigenvalue weighted by Gasteiger charge is -2.46. The summed E-state index contributed by atoms with van der Waals surface area (Å²) in [5.41, 5.74) is -28.4. The summed E-state index contributed by atoms with van der Waals surface area (Å²) in [4.78, 5) is 3.95. The van der Waals surface area contributed by atoms with Crippen molar-refractivity contribution in [2.75, 3.05) is 0 Å². The van der Waals surface area contributed by atoms with Crippen molar-refractivity contribution in [3.8, 4) is 6.07 Å². The maximum Gasteiger partial charge on any atom is 0.416 e. The van der Waals surface area contributed by atoms with Gasteiger partial charge in [-0.1, -0.05) is 60.7 Å². The molecule has 1 aromatic heterocycles. The summed E-state index contributed by atoms with van der Waals surface area (Å²) in [7, 11) is 0. The third kappa shape index (κ3) is 12.9. The van der Waals surface area contributed by atoms with E-state index in [1.165, 1.54) is 0 Å². The number of nitriles is 1. The van der Waals surface area contributed by atoms with E-state index in [2.05, 4.69) is 11.1 Å². The average Bonchev–Trinajstić information content (AvgIpc) is 3.24. The first-order valence-corrected chi connectivity index (χ1v) is 19.3. The van der Waals surface area contributed by atoms with Crippen molar-refractivity contribution in [1.82, 2.24) is 4.98 Å². The van der Waals surface area contributed by atoms with E-state index in [1.54, 1.807) is 18.5 Å². The fourth-order valence-corrected chi connectivity index (χ4v) is 7.47. The average molecular weight is 1060 g/mol. The molecule has 0 aliphatic rings. The van der Waals surface area contributed by atoms with Crippen LogP contribution in [0.15, 0.2) is 122 Å². The van der Waals surface area contributed by atoms with Crippen LogP contribution in [0.1, 0.15) is 55.6 Å². The molecule has 28 heteroatoms. The van der Waals surface area contributed by atoms with Gasteiger partial charge in [-0.05, 0) is 36.4 Å². The first kappa shape index (κ1) is 56.0. The Kier molecular flexibility index (Phi) is 15.0. The highest BCUT2D eigenvalue weighted by atomic mass is 19.4. The van der Waals surface area contributed by atoms with E-state index in [0.717, 1.165) is 12.1 Å². The van der Waals surface area contributed by atoms with Crippen LogP contribution in [0, 0.1) is 11.3 Å². The second-order valence-corrected chi connectivity index (χ2v) is 15.5. The SMILES string of the molecule is FC(F)(F)c1cc([B-](c2cc(C(F)(F)F)cc(C(F)(F)F)c2)(c2cc(C(F)(F)F)cc(C(F)(F)F)c2)c2cc(C(F)(F)F)cc(C(F)(F)F)c2)cc(C(F)(F)F)c1.N#Cc1cccc(C[n+]2ccncc2)c1. The number of alkyl halides is 24. The molecule has 0 atom stereocenters. The molecule has 0 saturated carbocycles. The van der Waals surface area contributed by atoms with Crippen LogP contribution >= 0.6 is 0 Å². The topological polar surface area (TPSA) is 40.6 Å². The Balaban J connectivity index is 0.000000542. The van der Waals surface area contributed by atoms with Gasteiger partial charge >= 0.3 is 49.4 Å². The minimum Gasteiger partial charge on any atom is -0.252 e. The summed E-state index contributed by atoms with van der Waals surface area (Å²) in [6.07, 6.45) is -47.5. The lowest BCUT2D eigenvalue weighted by Crippen LogP contribution is -2.75. The summed E-state index contributed by atoms with van der Waals surface area (Å²) in [5, 5.41) is 8.76. The van der Waals surface area contributed by atoms with E-state index in [4.69, 9.17) is 5.26 Å². The van der Waals surface area contributed by atoms with Crippen molar-refractivity contribution in [1.29, 1.82) is 5.26 Å². The molecule has 6 rings (SSSR count). The fourth-order valence-electron chi connectivity index (χ4n) is 7.47. The highest BCUT2D eigenvalue weighted by molar-refractivity contribution is 7.20. The Morgan fingerprint density at radius 1 is 0.375 bits per heavy atom. The van der Waals surface area contributed by atoms with Gasteiger partial charge < -0.3 is 0 Å². The molecule has 0 saturated heterocycles. The van der Waals surface area contributed by atoms with Gasteiger partial charge in [0.05, 0.1) is 68.5 Å². The molecule has 0 aliphatic carbocycles. The normalized spacial score (nSPS) is 13.3. The van der Waals surface area contributed by atoms with Gasteiger partial charge in [0.2, 0.25) is 0 Å². The first-order valence-electron chi connectivity index (χ1n) is 19.3. The van der Waals surface area contributed by atoms with E-state index in [9.17, 15) is 105 Å². The monoisotopic (exact) mass is 1060 g/mol. The first-order chi connectivity index (χ1) is 32.6. The molecule has 384 valence electrons. The molecular formula is C44H22BF24N3. The Hall–Kier alpha value is -6.95. The number of halogens is 24. The van der Waals surface area contributed by atoms with Gasteiger partial charge in [0.1, 0.15) is 6.15 Å². The Morgan fingerprint density at radius 3 is 0.847 bits per heavy atom. The largest absolute Gasteiger partial charge is 0.416 e. The zero-order valence-corrected chi connectivity index (χ0v) is 34.7. The van der Waals surface area contributed by atoms with Crippen molar-refractivity contribution in [3.05, 3.63) is 177 Å². The Bertz CT molecular complexity index is 2520. The van der Waals surface area contributed by atoms with Gasteiger partial charge in [-0.25, -0.2) is 0 Å². The molecule has 0 radical (unpaired) electrons. The second-order valence-electron chi connectivity index (χ2n) is 15.5. The van der Waals surface area contributed by atoms with E-state index >= 15 is 0 Å². The van der Waals surface area contributed by atoms with Crippen LogP contribution in [0.2, 0.25) is 0 Å². The van der Waals surface area contributed by atoms with E-state index in [1.807, 2.05) is 35.2 Å². The summed E-state index contributed by atoms with van der Waals surface area (Å²) < 4.78 is 343. The molecule has 0 N–H and O–H groups in total. The molecule has 0 amide bonds. The van der Waals surface area contributed by atoms with Crippen LogP contribution in [0.3, 0.4) is 0 Å². The van der Waals surface area contributed by atoms with Gasteiger partial charge in [0, 0.05) is 5.56 Å². The van der Waals surface area contributed by atoms with Gasteiger partial charge in [-0.15, -0.1) is 0 Å².